The van der Waals surface area contributed by atoms with E-state index in [1.54, 1.807) is 18.2 Å². The Morgan fingerprint density at radius 2 is 2.00 bits per heavy atom. The van der Waals surface area contributed by atoms with Crippen molar-refractivity contribution in [3.63, 3.8) is 0 Å². The summed E-state index contributed by atoms with van der Waals surface area (Å²) >= 11 is 0. The van der Waals surface area contributed by atoms with Gasteiger partial charge in [0.1, 0.15) is 0 Å². The average Bonchev–Trinajstić information content (AvgIpc) is 2.68. The van der Waals surface area contributed by atoms with E-state index in [0.29, 0.717) is 11.3 Å². The fourth-order valence-corrected chi connectivity index (χ4v) is 3.16. The van der Waals surface area contributed by atoms with E-state index in [1.165, 1.54) is 16.0 Å². The highest BCUT2D eigenvalue weighted by atomic mass is 16.2. The Bertz CT molecular complexity index is 821. The summed E-state index contributed by atoms with van der Waals surface area (Å²) in [4.78, 5) is 13.8. The second-order valence-corrected chi connectivity index (χ2v) is 6.36. The van der Waals surface area contributed by atoms with Crippen LogP contribution in [0.4, 0.5) is 5.69 Å². The van der Waals surface area contributed by atoms with Crippen molar-refractivity contribution >= 4 is 17.2 Å². The molecule has 0 saturated carbocycles. The molecule has 0 aliphatic carbocycles. The number of benzene rings is 2. The van der Waals surface area contributed by atoms with Gasteiger partial charge in [0.05, 0.1) is 24.7 Å². The van der Waals surface area contributed by atoms with Crippen LogP contribution in [0, 0.1) is 11.3 Å². The van der Waals surface area contributed by atoms with Crippen molar-refractivity contribution in [1.29, 1.82) is 5.26 Å². The second-order valence-electron chi connectivity index (χ2n) is 6.36. The molecule has 0 aromatic heterocycles. The van der Waals surface area contributed by atoms with Gasteiger partial charge in [0.15, 0.2) is 6.04 Å². The Morgan fingerprint density at radius 3 is 2.68 bits per heavy atom. The van der Waals surface area contributed by atoms with Crippen molar-refractivity contribution in [2.24, 2.45) is 0 Å². The van der Waals surface area contributed by atoms with E-state index in [0.717, 1.165) is 19.5 Å². The van der Waals surface area contributed by atoms with Gasteiger partial charge in [-0.25, -0.2) is 0 Å². The third-order valence-electron chi connectivity index (χ3n) is 4.74. The summed E-state index contributed by atoms with van der Waals surface area (Å²) in [6, 6.07) is 19.4. The molecule has 1 aliphatic rings. The SMILES string of the molecule is C[C@H](C(=O)Nc1cccc(C#N)c1)[NH+]1CC=C(c2ccccc2)CC1. The molecule has 2 atom stereocenters. The number of quaternary nitrogens is 1. The standard InChI is InChI=1S/C21H21N3O/c1-16(21(25)23-20-9-5-6-17(14-20)15-22)24-12-10-19(11-13-24)18-7-3-2-4-8-18/h2-10,14,16H,11-13H2,1H3,(H,23,25)/p+1/t16-/m1/s1. The number of carbonyl (C=O) groups is 1. The fourth-order valence-electron chi connectivity index (χ4n) is 3.16. The van der Waals surface area contributed by atoms with Gasteiger partial charge >= 0.3 is 0 Å². The quantitative estimate of drug-likeness (QED) is 0.902. The van der Waals surface area contributed by atoms with Crippen molar-refractivity contribution in [2.75, 3.05) is 18.4 Å². The molecular weight excluding hydrogens is 310 g/mol. The minimum atomic E-state index is -0.140. The zero-order valence-corrected chi connectivity index (χ0v) is 14.3. The first-order valence-corrected chi connectivity index (χ1v) is 8.57. The molecule has 0 radical (unpaired) electrons. The lowest BCUT2D eigenvalue weighted by Gasteiger charge is -2.28. The lowest BCUT2D eigenvalue weighted by atomic mass is 9.99. The van der Waals surface area contributed by atoms with Crippen LogP contribution < -0.4 is 10.2 Å². The summed E-state index contributed by atoms with van der Waals surface area (Å²) in [5.74, 6) is -0.0124. The first-order chi connectivity index (χ1) is 12.2. The van der Waals surface area contributed by atoms with Gasteiger partial charge in [-0.05, 0) is 42.3 Å². The Kier molecular flexibility index (Phi) is 5.27. The number of rotatable bonds is 4. The molecule has 25 heavy (non-hydrogen) atoms. The highest BCUT2D eigenvalue weighted by Gasteiger charge is 2.27. The summed E-state index contributed by atoms with van der Waals surface area (Å²) in [7, 11) is 0. The second kappa shape index (κ2) is 7.78. The van der Waals surface area contributed by atoms with Gasteiger partial charge < -0.3 is 10.2 Å². The Hall–Kier alpha value is -2.90. The van der Waals surface area contributed by atoms with Gasteiger partial charge in [0.2, 0.25) is 0 Å². The van der Waals surface area contributed by atoms with Crippen molar-refractivity contribution < 1.29 is 9.69 Å². The molecule has 0 bridgehead atoms. The molecule has 1 amide bonds. The molecule has 2 N–H and O–H groups in total. The van der Waals surface area contributed by atoms with E-state index in [-0.39, 0.29) is 11.9 Å². The van der Waals surface area contributed by atoms with Crippen LogP contribution in [0.2, 0.25) is 0 Å². The summed E-state index contributed by atoms with van der Waals surface area (Å²) in [6.45, 7) is 3.74. The molecule has 1 unspecified atom stereocenters. The molecule has 0 spiro atoms. The van der Waals surface area contributed by atoms with Crippen LogP contribution in [0.5, 0.6) is 0 Å². The summed E-state index contributed by atoms with van der Waals surface area (Å²) in [5.41, 5.74) is 3.85. The number of nitrogens with one attached hydrogen (secondary N) is 2. The van der Waals surface area contributed by atoms with Gasteiger partial charge in [0, 0.05) is 12.1 Å². The maximum atomic E-state index is 12.5. The lowest BCUT2D eigenvalue weighted by molar-refractivity contribution is -0.909. The zero-order valence-electron chi connectivity index (χ0n) is 14.3. The van der Waals surface area contributed by atoms with E-state index in [1.807, 2.05) is 19.1 Å². The largest absolute Gasteiger partial charge is 0.321 e. The van der Waals surface area contributed by atoms with Crippen LogP contribution in [0.25, 0.3) is 5.57 Å². The molecule has 0 fully saturated rings. The van der Waals surface area contributed by atoms with Crippen LogP contribution in [-0.2, 0) is 4.79 Å². The number of hydrogen-bond donors (Lipinski definition) is 2. The van der Waals surface area contributed by atoms with E-state index < -0.39 is 0 Å². The minimum absolute atomic E-state index is 0.0124. The third-order valence-corrected chi connectivity index (χ3v) is 4.74. The minimum Gasteiger partial charge on any atom is -0.321 e. The smallest absolute Gasteiger partial charge is 0.282 e. The van der Waals surface area contributed by atoms with Crippen LogP contribution in [0.15, 0.2) is 60.7 Å². The Balaban J connectivity index is 1.62. The number of carbonyl (C=O) groups excluding carboxylic acids is 1. The Morgan fingerprint density at radius 1 is 1.20 bits per heavy atom. The van der Waals surface area contributed by atoms with E-state index in [4.69, 9.17) is 5.26 Å². The van der Waals surface area contributed by atoms with Gasteiger partial charge in [-0.1, -0.05) is 36.4 Å². The molecule has 2 aromatic rings. The highest BCUT2D eigenvalue weighted by Crippen LogP contribution is 2.18. The van der Waals surface area contributed by atoms with Crippen LogP contribution in [0.1, 0.15) is 24.5 Å². The van der Waals surface area contributed by atoms with Crippen molar-refractivity contribution in [2.45, 2.75) is 19.4 Å². The number of nitrogens with zero attached hydrogens (tertiary/aromatic N) is 1. The molecule has 0 saturated heterocycles. The first-order valence-electron chi connectivity index (χ1n) is 8.57. The molecule has 4 heteroatoms. The van der Waals surface area contributed by atoms with Gasteiger partial charge in [-0.2, -0.15) is 5.26 Å². The van der Waals surface area contributed by atoms with Crippen LogP contribution in [0.3, 0.4) is 0 Å². The molecule has 126 valence electrons. The molecule has 4 nitrogen and oxygen atoms in total. The fraction of sp³-hybridized carbons (Fsp3) is 0.238. The molecule has 2 aromatic carbocycles. The summed E-state index contributed by atoms with van der Waals surface area (Å²) in [5, 5.41) is 11.9. The molecule has 1 aliphatic heterocycles. The zero-order chi connectivity index (χ0) is 17.6. The summed E-state index contributed by atoms with van der Waals surface area (Å²) < 4.78 is 0. The predicted molar refractivity (Wildman–Crippen MR) is 99.0 cm³/mol. The lowest BCUT2D eigenvalue weighted by Crippen LogP contribution is -3.17. The topological polar surface area (TPSA) is 57.3 Å². The summed E-state index contributed by atoms with van der Waals surface area (Å²) in [6.07, 6.45) is 3.22. The van der Waals surface area contributed by atoms with E-state index in [2.05, 4.69) is 41.7 Å². The van der Waals surface area contributed by atoms with Gasteiger partial charge in [0.25, 0.3) is 5.91 Å². The molecule has 3 rings (SSSR count). The van der Waals surface area contributed by atoms with Crippen molar-refractivity contribution in [3.05, 3.63) is 71.8 Å². The highest BCUT2D eigenvalue weighted by molar-refractivity contribution is 5.93. The Labute approximate surface area is 148 Å². The van der Waals surface area contributed by atoms with Crippen molar-refractivity contribution in [1.82, 2.24) is 0 Å². The van der Waals surface area contributed by atoms with Crippen LogP contribution in [-0.4, -0.2) is 25.0 Å². The molecule has 1 heterocycles. The number of anilines is 1. The number of hydrogen-bond acceptors (Lipinski definition) is 2. The van der Waals surface area contributed by atoms with E-state index in [9.17, 15) is 4.79 Å². The normalized spacial score (nSPS) is 17.9. The third kappa shape index (κ3) is 4.14. The average molecular weight is 332 g/mol. The van der Waals surface area contributed by atoms with E-state index >= 15 is 0 Å². The predicted octanol–water partition coefficient (Wildman–Crippen LogP) is 2.26. The number of nitriles is 1. The molecular formula is C21H22N3O+. The van der Waals surface area contributed by atoms with Gasteiger partial charge in [-0.3, -0.25) is 4.79 Å². The monoisotopic (exact) mass is 332 g/mol. The van der Waals surface area contributed by atoms with Gasteiger partial charge in [-0.15, -0.1) is 0 Å². The maximum Gasteiger partial charge on any atom is 0.282 e. The number of amides is 1. The van der Waals surface area contributed by atoms with Crippen molar-refractivity contribution in [3.8, 4) is 6.07 Å². The first kappa shape index (κ1) is 16.9. The van der Waals surface area contributed by atoms with Crippen LogP contribution >= 0.6 is 0 Å². The maximum absolute atomic E-state index is 12.5.